The molecule has 0 bridgehead atoms. The highest BCUT2D eigenvalue weighted by molar-refractivity contribution is 5.66. The number of allylic oxidation sites excluding steroid dienone is 1. The standard InChI is InChI=1S/C27H42O4/c1-7-16(2)21-8-9-22-20-15-25(31-18(4)29)24-14-19(30-17(3)28)10-12-27(24,6)23(20)11-13-26(21,22)5/h7,16,19-25H,1,8-15H2,2-6H3/t16-,19-,20?,21-,22?,23?,24+,25+,26-,27-/m1/s1. The lowest BCUT2D eigenvalue weighted by molar-refractivity contribution is -0.196. The van der Waals surface area contributed by atoms with Gasteiger partial charge in [-0.05, 0) is 91.8 Å². The first-order chi connectivity index (χ1) is 14.6. The van der Waals surface area contributed by atoms with Crippen LogP contribution >= 0.6 is 0 Å². The molecule has 0 aromatic heterocycles. The maximum Gasteiger partial charge on any atom is 0.302 e. The minimum atomic E-state index is -0.201. The third-order valence-corrected chi connectivity index (χ3v) is 10.3. The Kier molecular flexibility index (Phi) is 6.07. The number of hydrogen-bond donors (Lipinski definition) is 0. The second kappa shape index (κ2) is 8.23. The van der Waals surface area contributed by atoms with Gasteiger partial charge >= 0.3 is 11.9 Å². The predicted molar refractivity (Wildman–Crippen MR) is 121 cm³/mol. The van der Waals surface area contributed by atoms with Crippen molar-refractivity contribution in [2.75, 3.05) is 0 Å². The van der Waals surface area contributed by atoms with E-state index < -0.39 is 0 Å². The number of hydrogen-bond acceptors (Lipinski definition) is 4. The van der Waals surface area contributed by atoms with Crippen LogP contribution in [0.4, 0.5) is 0 Å². The average molecular weight is 431 g/mol. The quantitative estimate of drug-likeness (QED) is 0.409. The van der Waals surface area contributed by atoms with Gasteiger partial charge in [0.1, 0.15) is 12.2 Å². The van der Waals surface area contributed by atoms with Crippen LogP contribution in [0, 0.1) is 46.3 Å². The first kappa shape index (κ1) is 22.9. The molecular weight excluding hydrogens is 388 g/mol. The largest absolute Gasteiger partial charge is 0.463 e. The van der Waals surface area contributed by atoms with Crippen molar-refractivity contribution in [1.82, 2.24) is 0 Å². The van der Waals surface area contributed by atoms with E-state index in [-0.39, 0.29) is 35.5 Å². The lowest BCUT2D eigenvalue weighted by Crippen LogP contribution is -2.59. The second-order valence-corrected chi connectivity index (χ2v) is 11.7. The van der Waals surface area contributed by atoms with E-state index in [9.17, 15) is 9.59 Å². The maximum absolute atomic E-state index is 12.1. The molecule has 0 aromatic carbocycles. The van der Waals surface area contributed by atoms with Crippen molar-refractivity contribution in [3.8, 4) is 0 Å². The zero-order chi connectivity index (χ0) is 22.6. The van der Waals surface area contributed by atoms with Crippen LogP contribution in [0.1, 0.15) is 86.0 Å². The molecular formula is C27H42O4. The normalized spacial score (nSPS) is 47.3. The van der Waals surface area contributed by atoms with Gasteiger partial charge in [0.25, 0.3) is 0 Å². The van der Waals surface area contributed by atoms with Gasteiger partial charge in [0.2, 0.25) is 0 Å². The summed E-state index contributed by atoms with van der Waals surface area (Å²) in [6.07, 6.45) is 11.0. The molecule has 0 radical (unpaired) electrons. The number of carbonyl (C=O) groups excluding carboxylic acids is 2. The maximum atomic E-state index is 12.1. The van der Waals surface area contributed by atoms with Gasteiger partial charge in [-0.25, -0.2) is 0 Å². The zero-order valence-corrected chi connectivity index (χ0v) is 20.2. The summed E-state index contributed by atoms with van der Waals surface area (Å²) in [7, 11) is 0. The van der Waals surface area contributed by atoms with Crippen LogP contribution < -0.4 is 0 Å². The Hall–Kier alpha value is -1.32. The van der Waals surface area contributed by atoms with Crippen LogP contribution in [0.3, 0.4) is 0 Å². The van der Waals surface area contributed by atoms with Gasteiger partial charge in [0.15, 0.2) is 0 Å². The van der Waals surface area contributed by atoms with E-state index in [2.05, 4.69) is 33.4 Å². The number of esters is 2. The predicted octanol–water partition coefficient (Wildman–Crippen LogP) is 5.94. The van der Waals surface area contributed by atoms with Crippen molar-refractivity contribution in [2.24, 2.45) is 46.3 Å². The molecule has 4 aliphatic rings. The Bertz CT molecular complexity index is 731. The second-order valence-electron chi connectivity index (χ2n) is 11.7. The van der Waals surface area contributed by atoms with Crippen molar-refractivity contribution in [1.29, 1.82) is 0 Å². The molecule has 0 spiro atoms. The smallest absolute Gasteiger partial charge is 0.302 e. The van der Waals surface area contributed by atoms with Crippen molar-refractivity contribution in [3.63, 3.8) is 0 Å². The molecule has 4 heteroatoms. The minimum absolute atomic E-state index is 0.0386. The average Bonchev–Trinajstić information content (AvgIpc) is 3.05. The molecule has 4 fully saturated rings. The van der Waals surface area contributed by atoms with Crippen LogP contribution in [-0.4, -0.2) is 24.1 Å². The van der Waals surface area contributed by atoms with E-state index in [0.29, 0.717) is 35.0 Å². The molecule has 0 aromatic rings. The Morgan fingerprint density at radius 1 is 0.903 bits per heavy atom. The van der Waals surface area contributed by atoms with Gasteiger partial charge < -0.3 is 9.47 Å². The molecule has 4 aliphatic carbocycles. The molecule has 4 saturated carbocycles. The van der Waals surface area contributed by atoms with Gasteiger partial charge in [0, 0.05) is 19.8 Å². The van der Waals surface area contributed by atoms with Gasteiger partial charge in [-0.3, -0.25) is 9.59 Å². The number of ether oxygens (including phenoxy) is 2. The van der Waals surface area contributed by atoms with Crippen molar-refractivity contribution < 1.29 is 19.1 Å². The van der Waals surface area contributed by atoms with Crippen LogP contribution in [0.25, 0.3) is 0 Å². The van der Waals surface area contributed by atoms with E-state index in [1.165, 1.54) is 39.5 Å². The van der Waals surface area contributed by atoms with E-state index in [1.54, 1.807) is 0 Å². The van der Waals surface area contributed by atoms with E-state index in [0.717, 1.165) is 25.7 Å². The zero-order valence-electron chi connectivity index (χ0n) is 20.2. The van der Waals surface area contributed by atoms with Crippen molar-refractivity contribution in [2.45, 2.75) is 98.2 Å². The molecule has 4 rings (SSSR count). The van der Waals surface area contributed by atoms with E-state index >= 15 is 0 Å². The summed E-state index contributed by atoms with van der Waals surface area (Å²) in [6, 6.07) is 0. The molecule has 174 valence electrons. The first-order valence-corrected chi connectivity index (χ1v) is 12.6. The van der Waals surface area contributed by atoms with Gasteiger partial charge in [0.05, 0.1) is 0 Å². The molecule has 0 saturated heterocycles. The lowest BCUT2D eigenvalue weighted by atomic mass is 9.43. The highest BCUT2D eigenvalue weighted by Crippen LogP contribution is 2.68. The summed E-state index contributed by atoms with van der Waals surface area (Å²) in [6.45, 7) is 14.5. The molecule has 31 heavy (non-hydrogen) atoms. The fourth-order valence-corrected chi connectivity index (χ4v) is 8.99. The molecule has 0 amide bonds. The van der Waals surface area contributed by atoms with Gasteiger partial charge in [-0.1, -0.05) is 26.8 Å². The van der Waals surface area contributed by atoms with Crippen LogP contribution in [-0.2, 0) is 19.1 Å². The van der Waals surface area contributed by atoms with E-state index in [4.69, 9.17) is 9.47 Å². The Morgan fingerprint density at radius 2 is 1.55 bits per heavy atom. The fraction of sp³-hybridized carbons (Fsp3) is 0.852. The summed E-state index contributed by atoms with van der Waals surface area (Å²) in [5.74, 6) is 3.19. The molecule has 0 aliphatic heterocycles. The summed E-state index contributed by atoms with van der Waals surface area (Å²) < 4.78 is 11.6. The molecule has 4 nitrogen and oxygen atoms in total. The molecule has 0 N–H and O–H groups in total. The third-order valence-electron chi connectivity index (χ3n) is 10.3. The van der Waals surface area contributed by atoms with Crippen LogP contribution in [0.15, 0.2) is 12.7 Å². The highest BCUT2D eigenvalue weighted by atomic mass is 16.5. The molecule has 10 atom stereocenters. The fourth-order valence-electron chi connectivity index (χ4n) is 8.99. The highest BCUT2D eigenvalue weighted by Gasteiger charge is 2.63. The Labute approximate surface area is 188 Å². The van der Waals surface area contributed by atoms with Crippen LogP contribution in [0.2, 0.25) is 0 Å². The monoisotopic (exact) mass is 430 g/mol. The van der Waals surface area contributed by atoms with Crippen LogP contribution in [0.5, 0.6) is 0 Å². The third kappa shape index (κ3) is 3.76. The lowest BCUT2D eigenvalue weighted by Gasteiger charge is -2.62. The van der Waals surface area contributed by atoms with Gasteiger partial charge in [-0.2, -0.15) is 0 Å². The number of fused-ring (bicyclic) bond motifs is 5. The van der Waals surface area contributed by atoms with E-state index in [1.807, 2.05) is 0 Å². The first-order valence-electron chi connectivity index (χ1n) is 12.6. The summed E-state index contributed by atoms with van der Waals surface area (Å²) in [5, 5.41) is 0. The summed E-state index contributed by atoms with van der Waals surface area (Å²) in [4.78, 5) is 23.7. The number of carbonyl (C=O) groups is 2. The molecule has 3 unspecified atom stereocenters. The van der Waals surface area contributed by atoms with Crippen molar-refractivity contribution >= 4 is 11.9 Å². The summed E-state index contributed by atoms with van der Waals surface area (Å²) in [5.41, 5.74) is 0.525. The van der Waals surface area contributed by atoms with Crippen molar-refractivity contribution in [3.05, 3.63) is 12.7 Å². The van der Waals surface area contributed by atoms with Gasteiger partial charge in [-0.15, -0.1) is 6.58 Å². The number of rotatable bonds is 4. The molecule has 0 heterocycles. The topological polar surface area (TPSA) is 52.6 Å². The Balaban J connectivity index is 1.63. The minimum Gasteiger partial charge on any atom is -0.463 e. The Morgan fingerprint density at radius 3 is 2.19 bits per heavy atom. The summed E-state index contributed by atoms with van der Waals surface area (Å²) >= 11 is 0. The SMILES string of the molecule is C=C[C@@H](C)[C@H]1CCC2C3C[C@H](OC(C)=O)[C@@H]4C[C@H](OC(C)=O)CC[C@]4(C)C3CC[C@@]21C.